The third kappa shape index (κ3) is 3.13. The molecule has 0 saturated carbocycles. The van der Waals surface area contributed by atoms with Crippen molar-refractivity contribution in [3.63, 3.8) is 0 Å². The predicted molar refractivity (Wildman–Crippen MR) is 76.1 cm³/mol. The lowest BCUT2D eigenvalue weighted by molar-refractivity contribution is -0.167. The molecule has 20 heavy (non-hydrogen) atoms. The Morgan fingerprint density at radius 2 is 1.85 bits per heavy atom. The van der Waals surface area contributed by atoms with Crippen molar-refractivity contribution in [1.29, 1.82) is 0 Å². The van der Waals surface area contributed by atoms with Crippen LogP contribution in [0.15, 0.2) is 42.5 Å². The highest BCUT2D eigenvalue weighted by Crippen LogP contribution is 2.15. The van der Waals surface area contributed by atoms with Gasteiger partial charge in [0.05, 0.1) is 13.7 Å². The third-order valence-electron chi connectivity index (χ3n) is 3.04. The van der Waals surface area contributed by atoms with Gasteiger partial charge in [0.15, 0.2) is 0 Å². The Balaban J connectivity index is 2.06. The topological polar surface area (TPSA) is 58.6 Å². The molecule has 2 aromatic carbocycles. The van der Waals surface area contributed by atoms with Crippen molar-refractivity contribution in [1.82, 2.24) is 10.4 Å². The van der Waals surface area contributed by atoms with Crippen LogP contribution in [0.1, 0.15) is 10.4 Å². The summed E-state index contributed by atoms with van der Waals surface area (Å²) in [5.74, 6) is -0.602. The van der Waals surface area contributed by atoms with Crippen molar-refractivity contribution in [3.8, 4) is 0 Å². The van der Waals surface area contributed by atoms with E-state index in [1.54, 1.807) is 12.1 Å². The molecular weight excluding hydrogens is 256 g/mol. The van der Waals surface area contributed by atoms with Crippen molar-refractivity contribution in [3.05, 3.63) is 48.0 Å². The van der Waals surface area contributed by atoms with Crippen molar-refractivity contribution < 1.29 is 14.4 Å². The minimum atomic E-state index is -0.318. The maximum absolute atomic E-state index is 12.0. The average molecular weight is 272 g/mol. The second-order valence-electron chi connectivity index (χ2n) is 4.32. The van der Waals surface area contributed by atoms with Gasteiger partial charge < -0.3 is 5.32 Å². The van der Waals surface area contributed by atoms with E-state index in [1.165, 1.54) is 14.2 Å². The normalized spacial score (nSPS) is 10.3. The van der Waals surface area contributed by atoms with Crippen LogP contribution in [-0.4, -0.2) is 37.6 Å². The molecule has 1 N–H and O–H groups in total. The van der Waals surface area contributed by atoms with Crippen molar-refractivity contribution in [2.75, 3.05) is 20.7 Å². The zero-order valence-corrected chi connectivity index (χ0v) is 11.4. The summed E-state index contributed by atoms with van der Waals surface area (Å²) in [6.45, 7) is -0.101. The Morgan fingerprint density at radius 3 is 2.55 bits per heavy atom. The second kappa shape index (κ2) is 6.16. The van der Waals surface area contributed by atoms with Crippen LogP contribution < -0.4 is 5.32 Å². The minimum Gasteiger partial charge on any atom is -0.343 e. The molecule has 0 saturated heterocycles. The Bertz CT molecular complexity index is 640. The molecule has 0 aliphatic rings. The van der Waals surface area contributed by atoms with E-state index in [-0.39, 0.29) is 18.4 Å². The van der Waals surface area contributed by atoms with Crippen molar-refractivity contribution in [2.24, 2.45) is 0 Å². The lowest BCUT2D eigenvalue weighted by Gasteiger charge is -2.13. The number of nitrogens with zero attached hydrogens (tertiary/aromatic N) is 1. The number of hydrogen-bond donors (Lipinski definition) is 1. The summed E-state index contributed by atoms with van der Waals surface area (Å²) in [5, 5.41) is 5.69. The number of carbonyl (C=O) groups is 2. The summed E-state index contributed by atoms with van der Waals surface area (Å²) in [6.07, 6.45) is 0. The molecule has 0 fully saturated rings. The molecule has 0 aromatic heterocycles. The zero-order valence-electron chi connectivity index (χ0n) is 11.4. The van der Waals surface area contributed by atoms with Gasteiger partial charge in [-0.1, -0.05) is 30.3 Å². The molecule has 5 heteroatoms. The SMILES string of the molecule is CON(C)C(=O)CNC(=O)c1ccc2ccccc2c1. The number of rotatable bonds is 4. The number of amides is 2. The molecule has 0 atom stereocenters. The largest absolute Gasteiger partial charge is 0.343 e. The molecule has 0 spiro atoms. The molecule has 104 valence electrons. The van der Waals surface area contributed by atoms with Crippen LogP contribution in [0.3, 0.4) is 0 Å². The number of fused-ring (bicyclic) bond motifs is 1. The number of carbonyl (C=O) groups excluding carboxylic acids is 2. The quantitative estimate of drug-likeness (QED) is 0.860. The van der Waals surface area contributed by atoms with E-state index >= 15 is 0 Å². The number of hydroxylamine groups is 2. The molecule has 2 amide bonds. The molecular formula is C15H16N2O3. The van der Waals surface area contributed by atoms with Gasteiger partial charge in [-0.2, -0.15) is 0 Å². The Hall–Kier alpha value is -2.40. The molecule has 2 aromatic rings. The van der Waals surface area contributed by atoms with Crippen LogP contribution in [-0.2, 0) is 9.63 Å². The summed E-state index contributed by atoms with van der Waals surface area (Å²) >= 11 is 0. The summed E-state index contributed by atoms with van der Waals surface area (Å²) in [6, 6.07) is 13.2. The second-order valence-corrected chi connectivity index (χ2v) is 4.32. The molecule has 5 nitrogen and oxygen atoms in total. The van der Waals surface area contributed by atoms with E-state index in [1.807, 2.05) is 30.3 Å². The van der Waals surface area contributed by atoms with Gasteiger partial charge in [-0.25, -0.2) is 5.06 Å². The summed E-state index contributed by atoms with van der Waals surface area (Å²) in [5.41, 5.74) is 0.525. The first-order chi connectivity index (χ1) is 9.61. The highest BCUT2D eigenvalue weighted by atomic mass is 16.7. The summed E-state index contributed by atoms with van der Waals surface area (Å²) in [7, 11) is 2.88. The van der Waals surface area contributed by atoms with Crippen LogP contribution in [0.2, 0.25) is 0 Å². The minimum absolute atomic E-state index is 0.101. The van der Waals surface area contributed by atoms with Crippen molar-refractivity contribution >= 4 is 22.6 Å². The van der Waals surface area contributed by atoms with E-state index in [0.29, 0.717) is 5.56 Å². The fraction of sp³-hybridized carbons (Fsp3) is 0.200. The molecule has 0 aliphatic heterocycles. The smallest absolute Gasteiger partial charge is 0.265 e. The monoisotopic (exact) mass is 272 g/mol. The van der Waals surface area contributed by atoms with E-state index in [4.69, 9.17) is 4.84 Å². The van der Waals surface area contributed by atoms with E-state index in [9.17, 15) is 9.59 Å². The lowest BCUT2D eigenvalue weighted by Crippen LogP contribution is -2.37. The van der Waals surface area contributed by atoms with Crippen LogP contribution in [0, 0.1) is 0 Å². The van der Waals surface area contributed by atoms with Gasteiger partial charge >= 0.3 is 0 Å². The third-order valence-corrected chi connectivity index (χ3v) is 3.04. The fourth-order valence-electron chi connectivity index (χ4n) is 1.80. The van der Waals surface area contributed by atoms with E-state index in [0.717, 1.165) is 15.8 Å². The lowest BCUT2D eigenvalue weighted by atomic mass is 10.1. The Labute approximate surface area is 117 Å². The van der Waals surface area contributed by atoms with Gasteiger partial charge in [0.25, 0.3) is 11.8 Å². The Kier molecular flexibility index (Phi) is 4.32. The maximum Gasteiger partial charge on any atom is 0.265 e. The maximum atomic E-state index is 12.0. The highest BCUT2D eigenvalue weighted by molar-refractivity contribution is 5.99. The number of benzene rings is 2. The van der Waals surface area contributed by atoms with Crippen molar-refractivity contribution in [2.45, 2.75) is 0 Å². The van der Waals surface area contributed by atoms with E-state index in [2.05, 4.69) is 5.32 Å². The van der Waals surface area contributed by atoms with Crippen LogP contribution >= 0.6 is 0 Å². The molecule has 0 heterocycles. The number of likely N-dealkylation sites (N-methyl/N-ethyl adjacent to an activating group) is 1. The number of hydrogen-bond acceptors (Lipinski definition) is 3. The van der Waals surface area contributed by atoms with Gasteiger partial charge in [-0.15, -0.1) is 0 Å². The van der Waals surface area contributed by atoms with E-state index < -0.39 is 0 Å². The first-order valence-electron chi connectivity index (χ1n) is 6.19. The van der Waals surface area contributed by atoms with Crippen LogP contribution in [0.25, 0.3) is 10.8 Å². The first kappa shape index (κ1) is 14.0. The number of nitrogens with one attached hydrogen (secondary N) is 1. The zero-order chi connectivity index (χ0) is 14.5. The highest BCUT2D eigenvalue weighted by Gasteiger charge is 2.11. The van der Waals surface area contributed by atoms with Crippen LogP contribution in [0.4, 0.5) is 0 Å². The van der Waals surface area contributed by atoms with Gasteiger partial charge in [0, 0.05) is 12.6 Å². The molecule has 0 aliphatic carbocycles. The first-order valence-corrected chi connectivity index (χ1v) is 6.19. The fourth-order valence-corrected chi connectivity index (χ4v) is 1.80. The molecule has 0 bridgehead atoms. The van der Waals surface area contributed by atoms with Gasteiger partial charge in [0.2, 0.25) is 0 Å². The Morgan fingerprint density at radius 1 is 1.15 bits per heavy atom. The summed E-state index contributed by atoms with van der Waals surface area (Å²) < 4.78 is 0. The standard InChI is InChI=1S/C15H16N2O3/c1-17(20-2)14(18)10-16-15(19)13-8-7-11-5-3-4-6-12(11)9-13/h3-9H,10H2,1-2H3,(H,16,19). The predicted octanol–water partition coefficient (Wildman–Crippen LogP) is 1.59. The van der Waals surface area contributed by atoms with Gasteiger partial charge in [-0.3, -0.25) is 14.4 Å². The van der Waals surface area contributed by atoms with Gasteiger partial charge in [0.1, 0.15) is 0 Å². The molecule has 0 radical (unpaired) electrons. The summed E-state index contributed by atoms with van der Waals surface area (Å²) in [4.78, 5) is 28.2. The molecule has 2 rings (SSSR count). The van der Waals surface area contributed by atoms with Crippen LogP contribution in [0.5, 0.6) is 0 Å². The molecule has 0 unspecified atom stereocenters. The van der Waals surface area contributed by atoms with Gasteiger partial charge in [-0.05, 0) is 22.9 Å². The average Bonchev–Trinajstić information content (AvgIpc) is 2.50.